The molecule has 4 aromatic carbocycles. The number of hydrogen-bond donors (Lipinski definition) is 0. The van der Waals surface area contributed by atoms with Gasteiger partial charge in [-0.05, 0) is 12.3 Å². The molecule has 2 unspecified atom stereocenters. The molecule has 0 aliphatic heterocycles. The van der Waals surface area contributed by atoms with Crippen LogP contribution in [0.2, 0.25) is 0 Å². The van der Waals surface area contributed by atoms with Crippen molar-refractivity contribution < 1.29 is 0 Å². The second-order valence-corrected chi connectivity index (χ2v) is 38.9. The first-order chi connectivity index (χ1) is 48.8. The Balaban J connectivity index is 0.993. The van der Waals surface area contributed by atoms with Gasteiger partial charge in [-0.2, -0.15) is 0 Å². The molecule has 0 radical (unpaired) electrons. The fraction of sp³-hybridized carbons (Fsp3) is 0.617. The third-order valence-corrected chi connectivity index (χ3v) is 32.3. The van der Waals surface area contributed by atoms with Crippen molar-refractivity contribution in [3.8, 4) is 37.9 Å². The molecular formula is C94H136S3Se2. The molecule has 0 nitrogen and oxygen atoms in total. The molecule has 9 rings (SSSR count). The number of thiophene rings is 3. The second kappa shape index (κ2) is 46.8. The maximum absolute atomic E-state index is 2.84. The van der Waals surface area contributed by atoms with Crippen LogP contribution in [0.1, 0.15) is 357 Å². The van der Waals surface area contributed by atoms with Crippen molar-refractivity contribution >= 4 is 105 Å². The number of benzene rings is 4. The molecule has 542 valence electrons. The van der Waals surface area contributed by atoms with Crippen molar-refractivity contribution in [1.82, 2.24) is 0 Å². The van der Waals surface area contributed by atoms with Crippen molar-refractivity contribution in [3.63, 3.8) is 0 Å². The normalized spacial score (nSPS) is 12.7. The van der Waals surface area contributed by atoms with Gasteiger partial charge < -0.3 is 0 Å². The summed E-state index contributed by atoms with van der Waals surface area (Å²) >= 11 is 6.72. The van der Waals surface area contributed by atoms with E-state index >= 15 is 0 Å². The van der Waals surface area contributed by atoms with Gasteiger partial charge in [0, 0.05) is 0 Å². The Hall–Kier alpha value is -2.98. The summed E-state index contributed by atoms with van der Waals surface area (Å²) in [7, 11) is 0. The monoisotopic (exact) mass is 1520 g/mol. The molecule has 9 aromatic rings. The zero-order chi connectivity index (χ0) is 68.9. The van der Waals surface area contributed by atoms with Crippen molar-refractivity contribution in [2.24, 2.45) is 11.8 Å². The second-order valence-electron chi connectivity index (χ2n) is 31.1. The summed E-state index contributed by atoms with van der Waals surface area (Å²) < 4.78 is 9.83. The first kappa shape index (κ1) is 80.1. The van der Waals surface area contributed by atoms with Crippen LogP contribution in [0.5, 0.6) is 0 Å². The van der Waals surface area contributed by atoms with Gasteiger partial charge in [-0.25, -0.2) is 0 Å². The van der Waals surface area contributed by atoms with Crippen LogP contribution in [0, 0.1) is 25.7 Å². The molecule has 0 fully saturated rings. The minimum absolute atomic E-state index is 0.271. The molecule has 2 atom stereocenters. The molecule has 0 N–H and O–H groups in total. The van der Waals surface area contributed by atoms with Crippen molar-refractivity contribution in [1.29, 1.82) is 0 Å². The van der Waals surface area contributed by atoms with E-state index in [4.69, 9.17) is 0 Å². The van der Waals surface area contributed by atoms with Crippen LogP contribution in [0.15, 0.2) is 97.1 Å². The number of fused-ring (bicyclic) bond motifs is 7. The number of hydrogen-bond acceptors (Lipinski definition) is 3. The van der Waals surface area contributed by atoms with Gasteiger partial charge in [0.05, 0.1) is 0 Å². The smallest absolute Gasteiger partial charge is 0.0654 e. The van der Waals surface area contributed by atoms with E-state index in [0.717, 1.165) is 11.8 Å². The molecule has 5 heterocycles. The molecular weight excluding hydrogens is 1380 g/mol. The van der Waals surface area contributed by atoms with Gasteiger partial charge in [0.15, 0.2) is 0 Å². The number of unbranched alkanes of at least 4 members (excludes halogenated alkanes) is 40. The van der Waals surface area contributed by atoms with Crippen molar-refractivity contribution in [2.45, 2.75) is 363 Å². The Morgan fingerprint density at radius 1 is 0.283 bits per heavy atom. The minimum atomic E-state index is 0.271. The predicted molar refractivity (Wildman–Crippen MR) is 454 cm³/mol. The third-order valence-electron chi connectivity index (χ3n) is 22.4. The van der Waals surface area contributed by atoms with Gasteiger partial charge in [0.1, 0.15) is 0 Å². The summed E-state index contributed by atoms with van der Waals surface area (Å²) in [6, 6.07) is 39.5. The standard InChI is InChI=1S/C94H136S3Se2/c1-7-11-15-19-23-27-31-33-37-41-45-49-52-75(51-47-43-39-35-29-25-21-17-13-9-3)68-80-71-89(87-64-56-74(6)95-87)98-93(80)94-81(69-76(53-48-44-40-36-30-26-22-18-14-10-4)54-50-46-42-38-34-32-28-24-20-16-12-8-2)72-90(99-94)88-66-65-86(96-88)79-59-61-83-78(70-79)58-63-85-84-62-57-77-67-73(5)55-60-82(77)91(84)97-92(83)85/h55-67,70-72,75-76H,7-54,68-69H2,1-6H3. The van der Waals surface area contributed by atoms with Crippen LogP contribution in [-0.2, 0) is 12.8 Å². The molecule has 0 spiro atoms. The van der Waals surface area contributed by atoms with Gasteiger partial charge in [-0.3, -0.25) is 0 Å². The molecule has 0 saturated heterocycles. The van der Waals surface area contributed by atoms with Gasteiger partial charge in [-0.1, -0.05) is 160 Å². The molecule has 5 aromatic heterocycles. The first-order valence-electron chi connectivity index (χ1n) is 42.0. The van der Waals surface area contributed by atoms with E-state index < -0.39 is 0 Å². The summed E-state index contributed by atoms with van der Waals surface area (Å²) in [4.78, 5) is 5.94. The molecule has 0 aliphatic rings. The van der Waals surface area contributed by atoms with Crippen molar-refractivity contribution in [3.05, 3.63) is 119 Å². The Labute approximate surface area is 630 Å². The molecule has 0 aliphatic carbocycles. The SMILES string of the molecule is CCCCCCCCCCCCCCC(CCCCCCCCCCCC)Cc1cc(-c2ccc(C)s2)[se]c1-c1[se]c(-c2ccc(-c3ccc4c(ccc5c6ccc7cc(C)ccc7c6sc45)c3)s2)cc1CC(CCCCCCCCCCCC)CCCCCCCCCCCCCC. The fourth-order valence-electron chi connectivity index (χ4n) is 16.3. The van der Waals surface area contributed by atoms with Crippen LogP contribution in [0.25, 0.3) is 79.7 Å². The molecule has 99 heavy (non-hydrogen) atoms. The van der Waals surface area contributed by atoms with Crippen LogP contribution in [-0.4, -0.2) is 29.0 Å². The number of rotatable bonds is 56. The first-order valence-corrected chi connectivity index (χ1v) is 47.9. The van der Waals surface area contributed by atoms with Crippen LogP contribution < -0.4 is 0 Å². The average molecular weight is 1520 g/mol. The summed E-state index contributed by atoms with van der Waals surface area (Å²) in [5.41, 5.74) is 6.22. The van der Waals surface area contributed by atoms with Gasteiger partial charge in [0.2, 0.25) is 0 Å². The fourth-order valence-corrected chi connectivity index (χ4v) is 25.8. The van der Waals surface area contributed by atoms with E-state index in [1.807, 2.05) is 20.2 Å². The summed E-state index contributed by atoms with van der Waals surface area (Å²) in [5, 5.41) is 8.26. The predicted octanol–water partition coefficient (Wildman–Crippen LogP) is 33.0. The molecule has 5 heteroatoms. The van der Waals surface area contributed by atoms with E-state index in [2.05, 4.69) is 161 Å². The topological polar surface area (TPSA) is 0 Å². The van der Waals surface area contributed by atoms with Gasteiger partial charge in [0.25, 0.3) is 0 Å². The Kier molecular flexibility index (Phi) is 37.8. The van der Waals surface area contributed by atoms with Gasteiger partial charge in [-0.15, -0.1) is 0 Å². The molecule has 0 bridgehead atoms. The third kappa shape index (κ3) is 26.8. The average Bonchev–Trinajstić information content (AvgIpc) is 1.61. The Bertz CT molecular complexity index is 3630. The van der Waals surface area contributed by atoms with Gasteiger partial charge >= 0.3 is 463 Å². The zero-order valence-corrected chi connectivity index (χ0v) is 69.7. The van der Waals surface area contributed by atoms with E-state index in [1.165, 1.54) is 389 Å². The van der Waals surface area contributed by atoms with Crippen LogP contribution in [0.3, 0.4) is 0 Å². The molecule has 0 saturated carbocycles. The zero-order valence-electron chi connectivity index (χ0n) is 63.8. The van der Waals surface area contributed by atoms with Crippen LogP contribution >= 0.6 is 34.0 Å². The summed E-state index contributed by atoms with van der Waals surface area (Å²) in [6.45, 7) is 13.9. The summed E-state index contributed by atoms with van der Waals surface area (Å²) in [5.74, 6) is 1.55. The van der Waals surface area contributed by atoms with E-state index in [9.17, 15) is 0 Å². The molecule has 0 amide bonds. The summed E-state index contributed by atoms with van der Waals surface area (Å²) in [6.07, 6.45) is 71.1. The van der Waals surface area contributed by atoms with E-state index in [1.54, 1.807) is 24.9 Å². The Morgan fingerprint density at radius 3 is 0.980 bits per heavy atom. The van der Waals surface area contributed by atoms with E-state index in [0.29, 0.717) is 14.5 Å². The quantitative estimate of drug-likeness (QED) is 0.0263. The Morgan fingerprint density at radius 2 is 0.606 bits per heavy atom. The minimum Gasteiger partial charge on any atom is -0.0654 e. The van der Waals surface area contributed by atoms with Crippen LogP contribution in [0.4, 0.5) is 0 Å². The maximum atomic E-state index is 2.84. The van der Waals surface area contributed by atoms with Crippen molar-refractivity contribution in [2.75, 3.05) is 0 Å². The number of aryl methyl sites for hydroxylation is 2. The van der Waals surface area contributed by atoms with E-state index in [-0.39, 0.29) is 14.5 Å².